The molecule has 0 bridgehead atoms. The number of methoxy groups -OCH3 is 1. The highest BCUT2D eigenvalue weighted by atomic mass is 16.5. The molecule has 3 rings (SSSR count). The van der Waals surface area contributed by atoms with Gasteiger partial charge in [-0.3, -0.25) is 4.90 Å². The molecule has 0 amide bonds. The number of ether oxygens (including phenoxy) is 1. The first-order valence-corrected chi connectivity index (χ1v) is 8.36. The molecule has 1 aromatic carbocycles. The summed E-state index contributed by atoms with van der Waals surface area (Å²) in [5.41, 5.74) is 7.65. The third kappa shape index (κ3) is 2.82. The minimum atomic E-state index is 0.113. The fraction of sp³-hybridized carbons (Fsp3) is 0.667. The van der Waals surface area contributed by atoms with E-state index in [1.165, 1.54) is 44.2 Å². The summed E-state index contributed by atoms with van der Waals surface area (Å²) in [5, 5.41) is 0. The highest BCUT2D eigenvalue weighted by Gasteiger charge is 2.41. The van der Waals surface area contributed by atoms with Crippen LogP contribution in [-0.2, 0) is 0 Å². The molecule has 3 nitrogen and oxygen atoms in total. The summed E-state index contributed by atoms with van der Waals surface area (Å²) < 4.78 is 5.59. The molecule has 0 radical (unpaired) electrons. The van der Waals surface area contributed by atoms with E-state index in [4.69, 9.17) is 10.5 Å². The Labute approximate surface area is 128 Å². The van der Waals surface area contributed by atoms with Crippen LogP contribution >= 0.6 is 0 Å². The monoisotopic (exact) mass is 288 g/mol. The lowest BCUT2D eigenvalue weighted by atomic mass is 9.84. The Hall–Kier alpha value is -1.06. The molecule has 1 saturated carbocycles. The highest BCUT2D eigenvalue weighted by Crippen LogP contribution is 2.43. The molecule has 1 aliphatic heterocycles. The summed E-state index contributed by atoms with van der Waals surface area (Å²) in [6.07, 6.45) is 6.85. The zero-order chi connectivity index (χ0) is 14.8. The zero-order valence-electron chi connectivity index (χ0n) is 13.3. The van der Waals surface area contributed by atoms with Crippen molar-refractivity contribution in [1.29, 1.82) is 0 Å². The average Bonchev–Trinajstić information content (AvgIpc) is 2.92. The molecule has 4 atom stereocenters. The first-order valence-electron chi connectivity index (χ1n) is 8.36. The van der Waals surface area contributed by atoms with Gasteiger partial charge in [0.2, 0.25) is 0 Å². The first-order chi connectivity index (χ1) is 10.2. The molecule has 3 heteroatoms. The smallest absolute Gasteiger partial charge is 0.123 e. The van der Waals surface area contributed by atoms with Crippen LogP contribution in [0.25, 0.3) is 0 Å². The van der Waals surface area contributed by atoms with Crippen LogP contribution in [-0.4, -0.2) is 30.6 Å². The average molecular weight is 288 g/mol. The van der Waals surface area contributed by atoms with Crippen molar-refractivity contribution in [2.45, 2.75) is 57.2 Å². The van der Waals surface area contributed by atoms with Gasteiger partial charge in [0.15, 0.2) is 0 Å². The van der Waals surface area contributed by atoms with Crippen molar-refractivity contribution < 1.29 is 4.74 Å². The predicted molar refractivity (Wildman–Crippen MR) is 86.5 cm³/mol. The molecule has 0 aromatic heterocycles. The van der Waals surface area contributed by atoms with E-state index >= 15 is 0 Å². The van der Waals surface area contributed by atoms with Crippen LogP contribution in [0.5, 0.6) is 5.75 Å². The van der Waals surface area contributed by atoms with Crippen LogP contribution in [0.2, 0.25) is 0 Å². The van der Waals surface area contributed by atoms with E-state index in [0.29, 0.717) is 0 Å². The molecule has 21 heavy (non-hydrogen) atoms. The van der Waals surface area contributed by atoms with E-state index in [2.05, 4.69) is 30.0 Å². The van der Waals surface area contributed by atoms with Gasteiger partial charge < -0.3 is 10.5 Å². The fourth-order valence-electron chi connectivity index (χ4n) is 4.46. The van der Waals surface area contributed by atoms with Gasteiger partial charge in [0.05, 0.1) is 13.2 Å². The second kappa shape index (κ2) is 6.37. The number of nitrogens with two attached hydrogens (primary N) is 1. The van der Waals surface area contributed by atoms with Crippen LogP contribution in [0.3, 0.4) is 0 Å². The van der Waals surface area contributed by atoms with Gasteiger partial charge >= 0.3 is 0 Å². The third-order valence-electron chi connectivity index (χ3n) is 5.37. The quantitative estimate of drug-likeness (QED) is 0.923. The summed E-state index contributed by atoms with van der Waals surface area (Å²) in [6, 6.07) is 9.48. The Kier molecular flexibility index (Phi) is 4.51. The van der Waals surface area contributed by atoms with E-state index in [1.807, 2.05) is 6.07 Å². The van der Waals surface area contributed by atoms with Crippen molar-refractivity contribution in [3.05, 3.63) is 29.8 Å². The molecule has 1 saturated heterocycles. The number of hydrogen-bond donors (Lipinski definition) is 1. The number of hydrogen-bond acceptors (Lipinski definition) is 3. The molecule has 4 unspecified atom stereocenters. The fourth-order valence-corrected chi connectivity index (χ4v) is 4.46. The Morgan fingerprint density at radius 1 is 1.19 bits per heavy atom. The maximum absolute atomic E-state index is 6.40. The largest absolute Gasteiger partial charge is 0.496 e. The van der Waals surface area contributed by atoms with Gasteiger partial charge in [0.1, 0.15) is 5.75 Å². The molecule has 1 aromatic rings. The lowest BCUT2D eigenvalue weighted by Gasteiger charge is -2.39. The van der Waals surface area contributed by atoms with Crippen molar-refractivity contribution in [2.75, 3.05) is 13.7 Å². The molecule has 1 heterocycles. The number of rotatable bonds is 4. The SMILES string of the molecule is COc1ccccc1C(C(C)N)N1CCC2CCCCC21. The van der Waals surface area contributed by atoms with E-state index in [9.17, 15) is 0 Å². The minimum absolute atomic E-state index is 0.113. The number of fused-ring (bicyclic) bond motifs is 1. The summed E-state index contributed by atoms with van der Waals surface area (Å²) >= 11 is 0. The minimum Gasteiger partial charge on any atom is -0.496 e. The van der Waals surface area contributed by atoms with Gasteiger partial charge in [0.25, 0.3) is 0 Å². The molecular weight excluding hydrogens is 260 g/mol. The first kappa shape index (κ1) is 14.9. The van der Waals surface area contributed by atoms with E-state index < -0.39 is 0 Å². The van der Waals surface area contributed by atoms with E-state index in [-0.39, 0.29) is 12.1 Å². The molecule has 116 valence electrons. The second-order valence-corrected chi connectivity index (χ2v) is 6.68. The lowest BCUT2D eigenvalue weighted by molar-refractivity contribution is 0.117. The summed E-state index contributed by atoms with van der Waals surface area (Å²) in [5.74, 6) is 1.86. The lowest BCUT2D eigenvalue weighted by Crippen LogP contribution is -2.44. The molecular formula is C18H28N2O. The Morgan fingerprint density at radius 2 is 1.95 bits per heavy atom. The van der Waals surface area contributed by atoms with Crippen molar-refractivity contribution >= 4 is 0 Å². The Morgan fingerprint density at radius 3 is 2.71 bits per heavy atom. The van der Waals surface area contributed by atoms with Gasteiger partial charge in [-0.2, -0.15) is 0 Å². The van der Waals surface area contributed by atoms with Gasteiger partial charge in [-0.05, 0) is 44.7 Å². The third-order valence-corrected chi connectivity index (χ3v) is 5.37. The van der Waals surface area contributed by atoms with Crippen molar-refractivity contribution in [3.8, 4) is 5.75 Å². The van der Waals surface area contributed by atoms with Gasteiger partial charge in [-0.1, -0.05) is 31.0 Å². The van der Waals surface area contributed by atoms with Crippen LogP contribution in [0, 0.1) is 5.92 Å². The number of likely N-dealkylation sites (tertiary alicyclic amines) is 1. The van der Waals surface area contributed by atoms with E-state index in [0.717, 1.165) is 17.7 Å². The molecule has 2 N–H and O–H groups in total. The maximum atomic E-state index is 6.40. The number of para-hydroxylation sites is 1. The van der Waals surface area contributed by atoms with Crippen LogP contribution in [0.1, 0.15) is 50.6 Å². The predicted octanol–water partition coefficient (Wildman–Crippen LogP) is 3.35. The van der Waals surface area contributed by atoms with Crippen LogP contribution < -0.4 is 10.5 Å². The summed E-state index contributed by atoms with van der Waals surface area (Å²) in [4.78, 5) is 2.67. The second-order valence-electron chi connectivity index (χ2n) is 6.68. The normalized spacial score (nSPS) is 28.9. The van der Waals surface area contributed by atoms with Gasteiger partial charge in [-0.25, -0.2) is 0 Å². The molecule has 1 aliphatic carbocycles. The standard InChI is InChI=1S/C18H28N2O/c1-13(19)18(15-8-4-6-10-17(15)21-2)20-12-11-14-7-3-5-9-16(14)20/h4,6,8,10,13-14,16,18H,3,5,7,9,11-12,19H2,1-2H3. The number of benzene rings is 1. The highest BCUT2D eigenvalue weighted by molar-refractivity contribution is 5.37. The summed E-state index contributed by atoms with van der Waals surface area (Å²) in [7, 11) is 1.75. The van der Waals surface area contributed by atoms with Crippen LogP contribution in [0.15, 0.2) is 24.3 Å². The van der Waals surface area contributed by atoms with Crippen LogP contribution in [0.4, 0.5) is 0 Å². The van der Waals surface area contributed by atoms with Crippen molar-refractivity contribution in [1.82, 2.24) is 4.90 Å². The topological polar surface area (TPSA) is 38.5 Å². The van der Waals surface area contributed by atoms with Gasteiger partial charge in [0, 0.05) is 17.6 Å². The number of nitrogens with zero attached hydrogens (tertiary/aromatic N) is 1. The Balaban J connectivity index is 1.91. The molecule has 0 spiro atoms. The van der Waals surface area contributed by atoms with Crippen molar-refractivity contribution in [3.63, 3.8) is 0 Å². The Bertz CT molecular complexity index is 474. The summed E-state index contributed by atoms with van der Waals surface area (Å²) in [6.45, 7) is 3.31. The molecule has 2 aliphatic rings. The van der Waals surface area contributed by atoms with Gasteiger partial charge in [-0.15, -0.1) is 0 Å². The zero-order valence-corrected chi connectivity index (χ0v) is 13.3. The maximum Gasteiger partial charge on any atom is 0.123 e. The van der Waals surface area contributed by atoms with E-state index in [1.54, 1.807) is 7.11 Å². The molecule has 2 fully saturated rings. The van der Waals surface area contributed by atoms with Crippen molar-refractivity contribution in [2.24, 2.45) is 11.7 Å².